The highest BCUT2D eigenvalue weighted by Gasteiger charge is 2.38. The quantitative estimate of drug-likeness (QED) is 0.798. The number of nitrogens with one attached hydrogen (secondary N) is 2. The molecule has 1 amide bonds. The predicted molar refractivity (Wildman–Crippen MR) is 83.1 cm³/mol. The van der Waals surface area contributed by atoms with Gasteiger partial charge in [-0.1, -0.05) is 38.0 Å². The Morgan fingerprint density at radius 2 is 2.29 bits per heavy atom. The van der Waals surface area contributed by atoms with E-state index in [0.29, 0.717) is 5.92 Å². The molecule has 3 rings (SSSR count). The van der Waals surface area contributed by atoms with Crippen LogP contribution in [0.2, 0.25) is 0 Å². The third-order valence-electron chi connectivity index (χ3n) is 4.87. The normalized spacial score (nSPS) is 31.3. The van der Waals surface area contributed by atoms with E-state index in [-0.39, 0.29) is 18.6 Å². The van der Waals surface area contributed by atoms with E-state index in [1.165, 1.54) is 12.0 Å². The summed E-state index contributed by atoms with van der Waals surface area (Å²) in [5.41, 5.74) is 1.81. The Balaban J connectivity index is 1.67. The second-order valence-corrected chi connectivity index (χ2v) is 6.69. The van der Waals surface area contributed by atoms with Crippen LogP contribution in [-0.4, -0.2) is 29.2 Å². The second-order valence-electron chi connectivity index (χ2n) is 6.69. The van der Waals surface area contributed by atoms with Crippen LogP contribution in [-0.2, 0) is 11.2 Å². The maximum absolute atomic E-state index is 12.6. The minimum absolute atomic E-state index is 0.00866. The summed E-state index contributed by atoms with van der Waals surface area (Å²) < 4.78 is 0. The van der Waals surface area contributed by atoms with Gasteiger partial charge in [0.2, 0.25) is 5.91 Å². The number of rotatable bonds is 3. The third-order valence-corrected chi connectivity index (χ3v) is 4.87. The van der Waals surface area contributed by atoms with Crippen molar-refractivity contribution in [3.8, 4) is 0 Å². The summed E-state index contributed by atoms with van der Waals surface area (Å²) in [4.78, 5) is 12.6. The summed E-state index contributed by atoms with van der Waals surface area (Å²) in [6, 6.07) is 7.82. The zero-order chi connectivity index (χ0) is 14.9. The molecule has 0 bridgehead atoms. The number of carbonyl (C=O) groups is 1. The fourth-order valence-electron chi connectivity index (χ4n) is 3.76. The molecule has 1 fully saturated rings. The van der Waals surface area contributed by atoms with Gasteiger partial charge in [0.05, 0.1) is 12.1 Å². The molecule has 1 saturated carbocycles. The summed E-state index contributed by atoms with van der Waals surface area (Å²) in [6.45, 7) is 2.22. The third kappa shape index (κ3) is 2.91. The topological polar surface area (TPSA) is 61.4 Å². The minimum Gasteiger partial charge on any atom is -0.394 e. The summed E-state index contributed by atoms with van der Waals surface area (Å²) in [7, 11) is 0. The van der Waals surface area contributed by atoms with Crippen molar-refractivity contribution in [2.75, 3.05) is 11.9 Å². The lowest BCUT2D eigenvalue weighted by atomic mass is 9.76. The highest BCUT2D eigenvalue weighted by molar-refractivity contribution is 5.88. The van der Waals surface area contributed by atoms with Crippen molar-refractivity contribution < 1.29 is 9.90 Å². The van der Waals surface area contributed by atoms with E-state index in [4.69, 9.17) is 0 Å². The summed E-state index contributed by atoms with van der Waals surface area (Å²) in [5, 5.41) is 16.2. The molecule has 0 saturated heterocycles. The van der Waals surface area contributed by atoms with Crippen LogP contribution in [0.15, 0.2) is 24.3 Å². The Hall–Kier alpha value is -1.55. The molecule has 3 atom stereocenters. The van der Waals surface area contributed by atoms with Gasteiger partial charge in [-0.05, 0) is 30.4 Å². The summed E-state index contributed by atoms with van der Waals surface area (Å²) >= 11 is 0. The average Bonchev–Trinajstić information content (AvgIpc) is 2.91. The molecule has 3 N–H and O–H groups in total. The molecule has 21 heavy (non-hydrogen) atoms. The van der Waals surface area contributed by atoms with Gasteiger partial charge in [0, 0.05) is 12.1 Å². The average molecular weight is 288 g/mol. The van der Waals surface area contributed by atoms with Crippen LogP contribution in [0.5, 0.6) is 0 Å². The highest BCUT2D eigenvalue weighted by atomic mass is 16.3. The molecule has 2 aliphatic rings. The maximum atomic E-state index is 12.6. The van der Waals surface area contributed by atoms with E-state index < -0.39 is 5.54 Å². The Kier molecular flexibility index (Phi) is 3.89. The lowest BCUT2D eigenvalue weighted by Gasteiger charge is -2.40. The van der Waals surface area contributed by atoms with Crippen LogP contribution in [0.1, 0.15) is 38.2 Å². The van der Waals surface area contributed by atoms with Gasteiger partial charge in [-0.25, -0.2) is 0 Å². The van der Waals surface area contributed by atoms with Crippen LogP contribution >= 0.6 is 0 Å². The molecule has 1 heterocycles. The number of hydrogen-bond acceptors (Lipinski definition) is 3. The molecule has 0 radical (unpaired) electrons. The summed E-state index contributed by atoms with van der Waals surface area (Å²) in [5.74, 6) is 0.564. The van der Waals surface area contributed by atoms with E-state index in [9.17, 15) is 9.90 Å². The number of amides is 1. The van der Waals surface area contributed by atoms with Crippen molar-refractivity contribution in [3.63, 3.8) is 0 Å². The first-order chi connectivity index (χ1) is 10.1. The number of carbonyl (C=O) groups excluding carboxylic acids is 1. The van der Waals surface area contributed by atoms with Crippen molar-refractivity contribution in [2.24, 2.45) is 5.92 Å². The van der Waals surface area contributed by atoms with Gasteiger partial charge in [0.25, 0.3) is 0 Å². The molecule has 1 aromatic rings. The smallest absolute Gasteiger partial charge is 0.243 e. The largest absolute Gasteiger partial charge is 0.394 e. The number of anilines is 1. The van der Waals surface area contributed by atoms with Crippen LogP contribution in [0.3, 0.4) is 0 Å². The van der Waals surface area contributed by atoms with Gasteiger partial charge in [0.15, 0.2) is 0 Å². The van der Waals surface area contributed by atoms with Gasteiger partial charge in [-0.3, -0.25) is 4.79 Å². The Morgan fingerprint density at radius 3 is 3.00 bits per heavy atom. The zero-order valence-corrected chi connectivity index (χ0v) is 12.6. The van der Waals surface area contributed by atoms with E-state index >= 15 is 0 Å². The second kappa shape index (κ2) is 5.68. The number of benzene rings is 1. The monoisotopic (exact) mass is 288 g/mol. The molecule has 1 aromatic carbocycles. The highest BCUT2D eigenvalue weighted by Crippen LogP contribution is 2.33. The van der Waals surface area contributed by atoms with Crippen molar-refractivity contribution in [1.29, 1.82) is 0 Å². The van der Waals surface area contributed by atoms with Crippen molar-refractivity contribution in [3.05, 3.63) is 29.8 Å². The number of para-hydroxylation sites is 1. The van der Waals surface area contributed by atoms with Crippen molar-refractivity contribution in [1.82, 2.24) is 5.32 Å². The Bertz CT molecular complexity index is 506. The van der Waals surface area contributed by atoms with E-state index in [1.54, 1.807) is 0 Å². The molecular formula is C17H24N2O2. The Morgan fingerprint density at radius 1 is 1.48 bits per heavy atom. The first-order valence-corrected chi connectivity index (χ1v) is 7.89. The molecular weight excluding hydrogens is 264 g/mol. The molecule has 4 heteroatoms. The Labute approximate surface area is 125 Å². The van der Waals surface area contributed by atoms with Crippen LogP contribution in [0.4, 0.5) is 5.69 Å². The molecule has 0 aromatic heterocycles. The van der Waals surface area contributed by atoms with Gasteiger partial charge >= 0.3 is 0 Å². The first kappa shape index (κ1) is 14.4. The van der Waals surface area contributed by atoms with Gasteiger partial charge < -0.3 is 15.7 Å². The molecule has 114 valence electrons. The van der Waals surface area contributed by atoms with Crippen LogP contribution in [0, 0.1) is 5.92 Å². The number of hydrogen-bond donors (Lipinski definition) is 3. The molecule has 0 spiro atoms. The maximum Gasteiger partial charge on any atom is 0.243 e. The van der Waals surface area contributed by atoms with E-state index in [2.05, 4.69) is 23.6 Å². The first-order valence-electron chi connectivity index (χ1n) is 7.89. The number of aliphatic hydroxyl groups is 1. The van der Waals surface area contributed by atoms with Crippen molar-refractivity contribution >= 4 is 11.6 Å². The van der Waals surface area contributed by atoms with Crippen LogP contribution in [0.25, 0.3) is 0 Å². The van der Waals surface area contributed by atoms with E-state index in [1.807, 2.05) is 18.2 Å². The summed E-state index contributed by atoms with van der Waals surface area (Å²) in [6.07, 6.45) is 4.72. The van der Waals surface area contributed by atoms with Gasteiger partial charge in [0.1, 0.15) is 6.04 Å². The van der Waals surface area contributed by atoms with Gasteiger partial charge in [-0.2, -0.15) is 0 Å². The minimum atomic E-state index is -0.425. The standard InChI is InChI=1S/C17H24N2O2/c1-12-5-4-8-17(10-12,11-20)19-16(21)15-9-13-6-2-3-7-14(13)18-15/h2-3,6-7,12,15,18,20H,4-5,8-11H2,1H3,(H,19,21). The molecule has 4 nitrogen and oxygen atoms in total. The lowest BCUT2D eigenvalue weighted by Crippen LogP contribution is -2.57. The fourth-order valence-corrected chi connectivity index (χ4v) is 3.76. The number of fused-ring (bicyclic) bond motifs is 1. The SMILES string of the molecule is CC1CCCC(CO)(NC(=O)C2Cc3ccccc3N2)C1. The molecule has 3 unspecified atom stereocenters. The lowest BCUT2D eigenvalue weighted by molar-refractivity contribution is -0.125. The molecule has 1 aliphatic carbocycles. The van der Waals surface area contributed by atoms with Gasteiger partial charge in [-0.15, -0.1) is 0 Å². The number of aliphatic hydroxyl groups excluding tert-OH is 1. The predicted octanol–water partition coefficient (Wildman–Crippen LogP) is 2.08. The van der Waals surface area contributed by atoms with Crippen molar-refractivity contribution in [2.45, 2.75) is 50.6 Å². The van der Waals surface area contributed by atoms with Crippen LogP contribution < -0.4 is 10.6 Å². The molecule has 1 aliphatic heterocycles. The zero-order valence-electron chi connectivity index (χ0n) is 12.6. The fraction of sp³-hybridized carbons (Fsp3) is 0.588. The van der Waals surface area contributed by atoms with E-state index in [0.717, 1.165) is 31.4 Å².